The monoisotopic (exact) mass is 469 g/mol. The average Bonchev–Trinajstić information content (AvgIpc) is 2.98. The fourth-order valence-corrected chi connectivity index (χ4v) is 4.67. The van der Waals surface area contributed by atoms with Gasteiger partial charge in [0.2, 0.25) is 0 Å². The Labute approximate surface area is 179 Å². The number of aromatic nitrogens is 1. The first-order valence-electron chi connectivity index (χ1n) is 9.04. The van der Waals surface area contributed by atoms with Gasteiger partial charge in [-0.25, -0.2) is 21.6 Å². The van der Waals surface area contributed by atoms with Gasteiger partial charge in [0, 0.05) is 18.1 Å². The number of hydrogen-bond donors (Lipinski definition) is 2. The highest BCUT2D eigenvalue weighted by atomic mass is 32.2. The zero-order chi connectivity index (χ0) is 23.7. The summed E-state index contributed by atoms with van der Waals surface area (Å²) in [5.74, 6) is -3.49. The fraction of sp³-hybridized carbons (Fsp3) is 0.200. The molecular weight excluding hydrogens is 454 g/mol. The molecule has 168 valence electrons. The molecule has 0 atom stereocenters. The summed E-state index contributed by atoms with van der Waals surface area (Å²) in [6.07, 6.45) is -2.73. The molecule has 0 fully saturated rings. The van der Waals surface area contributed by atoms with Gasteiger partial charge in [0.15, 0.2) is 0 Å². The van der Waals surface area contributed by atoms with Gasteiger partial charge in [0.25, 0.3) is 10.0 Å². The lowest BCUT2D eigenvalue weighted by molar-refractivity contribution is -0.192. The third-order valence-corrected chi connectivity index (χ3v) is 6.37. The zero-order valence-corrected chi connectivity index (χ0v) is 17.0. The van der Waals surface area contributed by atoms with Crippen molar-refractivity contribution in [1.29, 1.82) is 5.26 Å². The number of rotatable bonds is 2. The van der Waals surface area contributed by atoms with E-state index in [2.05, 4.69) is 5.32 Å². The molecule has 3 aromatic rings. The van der Waals surface area contributed by atoms with Crippen LogP contribution in [-0.2, 0) is 27.8 Å². The van der Waals surface area contributed by atoms with Gasteiger partial charge < -0.3 is 10.4 Å². The number of benzene rings is 2. The summed E-state index contributed by atoms with van der Waals surface area (Å²) in [6, 6.07) is 10.5. The summed E-state index contributed by atoms with van der Waals surface area (Å²) in [5, 5.41) is 20.4. The highest BCUT2D eigenvalue weighted by Crippen LogP contribution is 2.30. The van der Waals surface area contributed by atoms with Crippen LogP contribution in [0.2, 0.25) is 0 Å². The van der Waals surface area contributed by atoms with Crippen molar-refractivity contribution in [3.05, 3.63) is 65.1 Å². The van der Waals surface area contributed by atoms with Gasteiger partial charge in [0.05, 0.1) is 16.0 Å². The highest BCUT2D eigenvalue weighted by molar-refractivity contribution is 7.90. The van der Waals surface area contributed by atoms with E-state index in [-0.39, 0.29) is 10.5 Å². The number of carboxylic acid groups (broad SMARTS) is 1. The Morgan fingerprint density at radius 2 is 1.88 bits per heavy atom. The van der Waals surface area contributed by atoms with Crippen molar-refractivity contribution in [2.45, 2.75) is 24.0 Å². The van der Waals surface area contributed by atoms with E-state index in [1.54, 1.807) is 18.3 Å². The number of carboxylic acids is 1. The number of nitriles is 1. The van der Waals surface area contributed by atoms with Crippen LogP contribution in [0.15, 0.2) is 47.5 Å². The Bertz CT molecular complexity index is 1340. The largest absolute Gasteiger partial charge is 0.490 e. The minimum absolute atomic E-state index is 0.102. The van der Waals surface area contributed by atoms with Gasteiger partial charge in [-0.05, 0) is 48.4 Å². The standard InChI is InChI=1S/C18H14FN3O2S.C2HF3O2/c19-16-5-4-15(8-14(16)9-20)25(23,24)22-11-13-6-7-21-10-12-2-1-3-17(22)18(12)13;3-2(4,5)1(6)7/h1-5,8,11,21H,6-7,10H2;(H,6,7). The number of halogens is 4. The van der Waals surface area contributed by atoms with Crippen molar-refractivity contribution in [1.82, 2.24) is 9.29 Å². The van der Waals surface area contributed by atoms with E-state index >= 15 is 0 Å². The average molecular weight is 469 g/mol. The number of aliphatic carboxylic acids is 1. The summed E-state index contributed by atoms with van der Waals surface area (Å²) in [5.41, 5.74) is 2.32. The lowest BCUT2D eigenvalue weighted by atomic mass is 10.1. The van der Waals surface area contributed by atoms with E-state index < -0.39 is 28.0 Å². The fourth-order valence-electron chi connectivity index (χ4n) is 3.26. The maximum absolute atomic E-state index is 13.5. The summed E-state index contributed by atoms with van der Waals surface area (Å²) in [4.78, 5) is 8.79. The molecule has 1 aromatic heterocycles. The van der Waals surface area contributed by atoms with E-state index in [4.69, 9.17) is 15.2 Å². The summed E-state index contributed by atoms with van der Waals surface area (Å²) in [7, 11) is -3.93. The molecule has 4 rings (SSSR count). The van der Waals surface area contributed by atoms with Crippen LogP contribution in [0, 0.1) is 17.1 Å². The van der Waals surface area contributed by atoms with Gasteiger partial charge >= 0.3 is 12.1 Å². The molecule has 2 aromatic carbocycles. The predicted molar refractivity (Wildman–Crippen MR) is 105 cm³/mol. The van der Waals surface area contributed by atoms with E-state index in [0.717, 1.165) is 41.6 Å². The second-order valence-corrected chi connectivity index (χ2v) is 8.56. The van der Waals surface area contributed by atoms with Crippen molar-refractivity contribution >= 4 is 26.9 Å². The molecule has 1 aliphatic heterocycles. The van der Waals surface area contributed by atoms with Crippen LogP contribution in [0.3, 0.4) is 0 Å². The number of nitrogens with zero attached hydrogens (tertiary/aromatic N) is 2. The van der Waals surface area contributed by atoms with Crippen molar-refractivity contribution in [2.24, 2.45) is 0 Å². The van der Waals surface area contributed by atoms with Crippen LogP contribution < -0.4 is 5.32 Å². The van der Waals surface area contributed by atoms with E-state index in [1.165, 1.54) is 10.0 Å². The molecular formula is C20H15F4N3O4S. The number of carbonyl (C=O) groups is 1. The van der Waals surface area contributed by atoms with Gasteiger partial charge in [-0.15, -0.1) is 0 Å². The predicted octanol–water partition coefficient (Wildman–Crippen LogP) is 3.17. The van der Waals surface area contributed by atoms with Crippen LogP contribution in [0.5, 0.6) is 0 Å². The summed E-state index contributed by atoms with van der Waals surface area (Å²) >= 11 is 0. The molecule has 0 spiro atoms. The highest BCUT2D eigenvalue weighted by Gasteiger charge is 2.38. The zero-order valence-electron chi connectivity index (χ0n) is 16.1. The van der Waals surface area contributed by atoms with Gasteiger partial charge in [-0.1, -0.05) is 12.1 Å². The van der Waals surface area contributed by atoms with Crippen LogP contribution in [-0.4, -0.2) is 36.2 Å². The van der Waals surface area contributed by atoms with Crippen LogP contribution >= 0.6 is 0 Å². The maximum atomic E-state index is 13.5. The lowest BCUT2D eigenvalue weighted by Gasteiger charge is -2.09. The Hall–Kier alpha value is -3.43. The van der Waals surface area contributed by atoms with Gasteiger partial charge in [0.1, 0.15) is 11.9 Å². The third-order valence-electron chi connectivity index (χ3n) is 4.70. The molecule has 32 heavy (non-hydrogen) atoms. The smallest absolute Gasteiger partial charge is 0.475 e. The summed E-state index contributed by atoms with van der Waals surface area (Å²) in [6.45, 7) is 1.45. The quantitative estimate of drug-likeness (QED) is 0.558. The molecule has 0 aliphatic carbocycles. The third kappa shape index (κ3) is 4.44. The topological polar surface area (TPSA) is 112 Å². The van der Waals surface area contributed by atoms with Crippen molar-refractivity contribution in [3.63, 3.8) is 0 Å². The molecule has 1 aliphatic rings. The first-order valence-corrected chi connectivity index (χ1v) is 10.5. The summed E-state index contributed by atoms with van der Waals surface area (Å²) < 4.78 is 72.7. The van der Waals surface area contributed by atoms with E-state index in [1.807, 2.05) is 12.1 Å². The molecule has 7 nitrogen and oxygen atoms in total. The Morgan fingerprint density at radius 1 is 1.19 bits per heavy atom. The van der Waals surface area contributed by atoms with Crippen molar-refractivity contribution < 1.29 is 35.9 Å². The Morgan fingerprint density at radius 3 is 2.50 bits per heavy atom. The van der Waals surface area contributed by atoms with E-state index in [0.29, 0.717) is 12.1 Å². The molecule has 0 saturated carbocycles. The van der Waals surface area contributed by atoms with E-state index in [9.17, 15) is 26.0 Å². The van der Waals surface area contributed by atoms with Gasteiger partial charge in [-0.2, -0.15) is 18.4 Å². The van der Waals surface area contributed by atoms with Crippen molar-refractivity contribution in [3.8, 4) is 6.07 Å². The SMILES string of the molecule is N#Cc1cc(S(=O)(=O)n2cc3c4c(cccc42)CNCC3)ccc1F.O=C(O)C(F)(F)F. The molecule has 2 heterocycles. The van der Waals surface area contributed by atoms with Crippen LogP contribution in [0.25, 0.3) is 10.9 Å². The first-order chi connectivity index (χ1) is 15.0. The molecule has 0 radical (unpaired) electrons. The van der Waals surface area contributed by atoms with Crippen LogP contribution in [0.4, 0.5) is 17.6 Å². The molecule has 0 saturated heterocycles. The number of hydrogen-bond acceptors (Lipinski definition) is 5. The minimum atomic E-state index is -5.08. The molecule has 12 heteroatoms. The first kappa shape index (κ1) is 23.2. The van der Waals surface area contributed by atoms with Gasteiger partial charge in [-0.3, -0.25) is 0 Å². The second kappa shape index (κ2) is 8.60. The lowest BCUT2D eigenvalue weighted by Crippen LogP contribution is -2.21. The van der Waals surface area contributed by atoms with Crippen molar-refractivity contribution in [2.75, 3.05) is 6.54 Å². The second-order valence-electron chi connectivity index (χ2n) is 6.75. The Balaban J connectivity index is 0.000000360. The number of alkyl halides is 3. The molecule has 2 N–H and O–H groups in total. The molecule has 0 amide bonds. The normalized spacial score (nSPS) is 13.6. The Kier molecular flexibility index (Phi) is 6.25. The molecule has 0 unspecified atom stereocenters. The maximum Gasteiger partial charge on any atom is 0.490 e. The van der Waals surface area contributed by atoms with Crippen LogP contribution in [0.1, 0.15) is 16.7 Å². The minimum Gasteiger partial charge on any atom is -0.475 e. The number of nitrogens with one attached hydrogen (secondary N) is 1. The molecule has 0 bridgehead atoms.